The molecule has 0 aliphatic heterocycles. The van der Waals surface area contributed by atoms with E-state index in [-0.39, 0.29) is 0 Å². The quantitative estimate of drug-likeness (QED) is 0.0782. The Labute approximate surface area is 446 Å². The van der Waals surface area contributed by atoms with Gasteiger partial charge in [0.2, 0.25) is 0 Å². The molecule has 9 aromatic carbocycles. The van der Waals surface area contributed by atoms with Crippen molar-refractivity contribution < 1.29 is 28.4 Å². The summed E-state index contributed by atoms with van der Waals surface area (Å²) < 4.78 is 33.1. The number of hydrogen-bond donors (Lipinski definition) is 0. The Balaban J connectivity index is 0.949. The Hall–Kier alpha value is -9.54. The van der Waals surface area contributed by atoms with Crippen LogP contribution in [0.1, 0.15) is 18.4 Å². The fourth-order valence-corrected chi connectivity index (χ4v) is 9.59. The molecule has 0 bridgehead atoms. The lowest BCUT2D eigenvalue weighted by molar-refractivity contribution is 0.414. The molecule has 380 valence electrons. The van der Waals surface area contributed by atoms with E-state index in [9.17, 15) is 0 Å². The first-order chi connectivity index (χ1) is 37.4. The number of methoxy groups -OCH3 is 6. The number of anilines is 11. The molecule has 76 heavy (non-hydrogen) atoms. The van der Waals surface area contributed by atoms with Crippen molar-refractivity contribution in [3.8, 4) is 34.5 Å². The van der Waals surface area contributed by atoms with E-state index < -0.39 is 0 Å². The van der Waals surface area contributed by atoms with Gasteiger partial charge in [-0.25, -0.2) is 0 Å². The summed E-state index contributed by atoms with van der Waals surface area (Å²) in [4.78, 5) is 9.07. The van der Waals surface area contributed by atoms with E-state index in [1.807, 2.05) is 72.8 Å². The fraction of sp³-hybridized carbons (Fsp3) is 0.121. The monoisotopic (exact) mass is 1000 g/mol. The van der Waals surface area contributed by atoms with Gasteiger partial charge < -0.3 is 48.0 Å². The second kappa shape index (κ2) is 23.1. The molecule has 10 nitrogen and oxygen atoms in total. The molecule has 0 N–H and O–H groups in total. The maximum absolute atomic E-state index is 5.58. The number of nitrogens with zero attached hydrogens (tertiary/aromatic N) is 4. The topological polar surface area (TPSA) is 68.3 Å². The van der Waals surface area contributed by atoms with Crippen molar-refractivity contribution in [1.29, 1.82) is 0 Å². The normalized spacial score (nSPS) is 11.9. The second-order valence-electron chi connectivity index (χ2n) is 18.0. The summed E-state index contributed by atoms with van der Waals surface area (Å²) >= 11 is 0. The third-order valence-electron chi connectivity index (χ3n) is 13.6. The van der Waals surface area contributed by atoms with Crippen LogP contribution in [-0.4, -0.2) is 42.7 Å². The molecule has 1 aliphatic rings. The molecule has 0 aromatic heterocycles. The van der Waals surface area contributed by atoms with Crippen LogP contribution in [0.2, 0.25) is 0 Å². The Bertz CT molecular complexity index is 3290. The summed E-state index contributed by atoms with van der Waals surface area (Å²) in [5.74, 6) is 4.80. The highest BCUT2D eigenvalue weighted by Gasteiger charge is 2.22. The lowest BCUT2D eigenvalue weighted by Gasteiger charge is -2.31. The first-order valence-electron chi connectivity index (χ1n) is 25.1. The van der Waals surface area contributed by atoms with Crippen LogP contribution in [-0.2, 0) is 0 Å². The van der Waals surface area contributed by atoms with Crippen molar-refractivity contribution in [1.82, 2.24) is 0 Å². The second-order valence-corrected chi connectivity index (χ2v) is 18.0. The molecule has 9 aromatic rings. The highest BCUT2D eigenvalue weighted by atomic mass is 16.5. The zero-order chi connectivity index (χ0) is 52.4. The number of rotatable bonds is 19. The third kappa shape index (κ3) is 10.9. The first-order valence-corrected chi connectivity index (χ1v) is 25.1. The molecule has 10 heteroatoms. The minimum absolute atomic E-state index is 0.796. The lowest BCUT2D eigenvalue weighted by atomic mass is 9.94. The van der Waals surface area contributed by atoms with Crippen LogP contribution >= 0.6 is 0 Å². The molecule has 0 saturated heterocycles. The number of ether oxygens (including phenoxy) is 6. The molecule has 10 rings (SSSR count). The van der Waals surface area contributed by atoms with Crippen LogP contribution in [0.15, 0.2) is 236 Å². The summed E-state index contributed by atoms with van der Waals surface area (Å²) in [7, 11) is 10.1. The van der Waals surface area contributed by atoms with E-state index >= 15 is 0 Å². The molecule has 0 amide bonds. The minimum atomic E-state index is 0.796. The molecule has 0 unspecified atom stereocenters. The zero-order valence-corrected chi connectivity index (χ0v) is 43.6. The predicted octanol–water partition coefficient (Wildman–Crippen LogP) is 17.0. The molecule has 0 radical (unpaired) electrons. The number of allylic oxidation sites excluding steroid dienone is 4. The van der Waals surface area contributed by atoms with Gasteiger partial charge in [-0.15, -0.1) is 0 Å². The van der Waals surface area contributed by atoms with Crippen molar-refractivity contribution in [2.75, 3.05) is 62.3 Å². The van der Waals surface area contributed by atoms with Gasteiger partial charge in [0, 0.05) is 68.3 Å². The average Bonchev–Trinajstić information content (AvgIpc) is 3.51. The van der Waals surface area contributed by atoms with Gasteiger partial charge in [-0.2, -0.15) is 0 Å². The third-order valence-corrected chi connectivity index (χ3v) is 13.6. The smallest absolute Gasteiger partial charge is 0.119 e. The SMILES string of the molecule is COc1ccc(N(C2=CC=C(c3ccc(N(c4ccc(OC)cc4)c4ccc(N(c5ccc(OC)cc5)c5ccc(OC)cc5)cc4)cc3)CC2)c2ccc(N(c3ccc(OC)cc3)c3ccc(OC)cc3)cc2)cc1. The van der Waals surface area contributed by atoms with Gasteiger partial charge in [0.05, 0.1) is 42.7 Å². The zero-order valence-electron chi connectivity index (χ0n) is 43.6. The summed E-state index contributed by atoms with van der Waals surface area (Å²) in [6.45, 7) is 0. The van der Waals surface area contributed by atoms with Crippen LogP contribution < -0.4 is 48.0 Å². The van der Waals surface area contributed by atoms with Crippen molar-refractivity contribution in [2.24, 2.45) is 0 Å². The molecule has 0 spiro atoms. The first kappa shape index (κ1) is 50.0. The lowest BCUT2D eigenvalue weighted by Crippen LogP contribution is -2.18. The number of benzene rings is 9. The molecule has 0 atom stereocenters. The summed E-state index contributed by atoms with van der Waals surface area (Å²) in [5, 5.41) is 0. The average molecular weight is 1010 g/mol. The van der Waals surface area contributed by atoms with E-state index in [1.165, 1.54) is 16.8 Å². The van der Waals surface area contributed by atoms with Crippen LogP contribution in [0.4, 0.5) is 62.6 Å². The van der Waals surface area contributed by atoms with E-state index in [0.29, 0.717) is 0 Å². The molecular weight excluding hydrogens is 945 g/mol. The Kier molecular flexibility index (Phi) is 15.2. The van der Waals surface area contributed by atoms with Crippen LogP contribution in [0.5, 0.6) is 34.5 Å². The van der Waals surface area contributed by atoms with E-state index in [0.717, 1.165) is 110 Å². The van der Waals surface area contributed by atoms with Gasteiger partial charge in [-0.1, -0.05) is 18.2 Å². The van der Waals surface area contributed by atoms with Crippen molar-refractivity contribution in [3.63, 3.8) is 0 Å². The Morgan fingerprint density at radius 1 is 0.224 bits per heavy atom. The van der Waals surface area contributed by atoms with Gasteiger partial charge in [-0.05, 0) is 236 Å². The minimum Gasteiger partial charge on any atom is -0.497 e. The Morgan fingerprint density at radius 2 is 0.421 bits per heavy atom. The van der Waals surface area contributed by atoms with E-state index in [4.69, 9.17) is 28.4 Å². The molecule has 0 fully saturated rings. The maximum atomic E-state index is 5.58. The van der Waals surface area contributed by atoms with Crippen LogP contribution in [0, 0.1) is 0 Å². The highest BCUT2D eigenvalue weighted by molar-refractivity contribution is 5.84. The Morgan fingerprint density at radius 3 is 0.618 bits per heavy atom. The van der Waals surface area contributed by atoms with Gasteiger partial charge in [0.1, 0.15) is 34.5 Å². The highest BCUT2D eigenvalue weighted by Crippen LogP contribution is 2.43. The summed E-state index contributed by atoms with van der Waals surface area (Å²) in [6.07, 6.45) is 6.23. The van der Waals surface area contributed by atoms with E-state index in [2.05, 4.69) is 177 Å². The molecule has 1 aliphatic carbocycles. The van der Waals surface area contributed by atoms with Crippen LogP contribution in [0.3, 0.4) is 0 Å². The van der Waals surface area contributed by atoms with Gasteiger partial charge >= 0.3 is 0 Å². The van der Waals surface area contributed by atoms with Crippen molar-refractivity contribution in [2.45, 2.75) is 12.8 Å². The largest absolute Gasteiger partial charge is 0.497 e. The van der Waals surface area contributed by atoms with Crippen molar-refractivity contribution in [3.05, 3.63) is 242 Å². The molecule has 0 heterocycles. The molecule has 0 saturated carbocycles. The predicted molar refractivity (Wildman–Crippen MR) is 310 cm³/mol. The summed E-state index contributed by atoms with van der Waals surface area (Å²) in [5.41, 5.74) is 14.8. The fourth-order valence-electron chi connectivity index (χ4n) is 9.59. The maximum Gasteiger partial charge on any atom is 0.119 e. The van der Waals surface area contributed by atoms with Gasteiger partial charge in [0.25, 0.3) is 0 Å². The van der Waals surface area contributed by atoms with Crippen molar-refractivity contribution >= 4 is 68.1 Å². The van der Waals surface area contributed by atoms with Crippen LogP contribution in [0.25, 0.3) is 5.57 Å². The molecular formula is C66H60N4O6. The number of hydrogen-bond acceptors (Lipinski definition) is 10. The summed E-state index contributed by atoms with van der Waals surface area (Å²) in [6, 6.07) is 75.2. The van der Waals surface area contributed by atoms with E-state index in [1.54, 1.807) is 42.7 Å². The van der Waals surface area contributed by atoms with Gasteiger partial charge in [-0.3, -0.25) is 0 Å². The standard InChI is InChI=1S/C66H60N4O6/c1-71-61-35-23-55(24-36-61)67(51-15-19-53(20-16-51)69(57-27-39-63(73-3)40-28-57)58-29-41-64(74-4)42-30-58)49-11-7-47(8-12-49)48-9-13-50(14-10-48)68(56-25-37-62(72-2)38-26-56)52-17-21-54(22-18-52)70(59-31-43-65(75-5)44-32-59)60-33-45-66(76-6)46-34-60/h7-9,11-13,15-46H,10,14H2,1-6H3. The van der Waals surface area contributed by atoms with Gasteiger partial charge in [0.15, 0.2) is 0 Å².